The van der Waals surface area contributed by atoms with Gasteiger partial charge in [0, 0.05) is 51.7 Å². The zero-order chi connectivity index (χ0) is 13.9. The quantitative estimate of drug-likeness (QED) is 0.787. The molecule has 6 heteroatoms. The van der Waals surface area contributed by atoms with Crippen LogP contribution in [0.3, 0.4) is 0 Å². The molecule has 0 aromatic carbocycles. The van der Waals surface area contributed by atoms with E-state index < -0.39 is 5.60 Å². The van der Waals surface area contributed by atoms with Gasteiger partial charge in [0.05, 0.1) is 11.3 Å². The van der Waals surface area contributed by atoms with Gasteiger partial charge in [0.2, 0.25) is 0 Å². The van der Waals surface area contributed by atoms with E-state index in [2.05, 4.69) is 19.8 Å². The Morgan fingerprint density at radius 1 is 1.21 bits per heavy atom. The van der Waals surface area contributed by atoms with E-state index in [0.717, 1.165) is 37.7 Å². The highest BCUT2D eigenvalue weighted by atomic mass is 16.3. The van der Waals surface area contributed by atoms with E-state index in [4.69, 9.17) is 5.73 Å². The number of aromatic nitrogens is 2. The van der Waals surface area contributed by atoms with Crippen LogP contribution in [-0.2, 0) is 6.54 Å². The predicted octanol–water partition coefficient (Wildman–Crippen LogP) is -0.172. The van der Waals surface area contributed by atoms with E-state index in [0.29, 0.717) is 13.1 Å². The zero-order valence-corrected chi connectivity index (χ0v) is 11.7. The van der Waals surface area contributed by atoms with Gasteiger partial charge in [-0.05, 0) is 13.8 Å². The van der Waals surface area contributed by atoms with Crippen molar-refractivity contribution in [1.29, 1.82) is 0 Å². The molecule has 1 aliphatic rings. The van der Waals surface area contributed by atoms with E-state index in [1.807, 2.05) is 13.8 Å². The largest absolute Gasteiger partial charge is 0.389 e. The second kappa shape index (κ2) is 5.81. The van der Waals surface area contributed by atoms with E-state index in [9.17, 15) is 5.11 Å². The first-order valence-electron chi connectivity index (χ1n) is 6.69. The van der Waals surface area contributed by atoms with Crippen molar-refractivity contribution >= 4 is 5.82 Å². The molecule has 1 aliphatic heterocycles. The number of β-amino-alcohol motifs (C(OH)–C–C–N with tert-alkyl or cyclic N) is 1. The number of rotatable bonds is 4. The van der Waals surface area contributed by atoms with Crippen molar-refractivity contribution in [2.75, 3.05) is 37.6 Å². The summed E-state index contributed by atoms with van der Waals surface area (Å²) in [5.41, 5.74) is 5.90. The molecule has 2 rings (SSSR count). The highest BCUT2D eigenvalue weighted by Crippen LogP contribution is 2.17. The highest BCUT2D eigenvalue weighted by molar-refractivity contribution is 5.43. The topological polar surface area (TPSA) is 78.5 Å². The first-order valence-corrected chi connectivity index (χ1v) is 6.69. The molecule has 0 unspecified atom stereocenters. The van der Waals surface area contributed by atoms with Crippen LogP contribution in [0.2, 0.25) is 0 Å². The molecule has 3 N–H and O–H groups in total. The summed E-state index contributed by atoms with van der Waals surface area (Å²) in [5.74, 6) is 0.896. The predicted molar refractivity (Wildman–Crippen MR) is 74.9 cm³/mol. The third-order valence-corrected chi connectivity index (χ3v) is 3.23. The average Bonchev–Trinajstić information content (AvgIpc) is 2.38. The normalized spacial score (nSPS) is 17.8. The van der Waals surface area contributed by atoms with Crippen molar-refractivity contribution in [2.24, 2.45) is 5.73 Å². The molecule has 106 valence electrons. The molecule has 0 amide bonds. The van der Waals surface area contributed by atoms with Gasteiger partial charge < -0.3 is 15.7 Å². The summed E-state index contributed by atoms with van der Waals surface area (Å²) in [6.45, 7) is 8.42. The Bertz CT molecular complexity index is 410. The number of nitrogens with two attached hydrogens (primary N) is 1. The van der Waals surface area contributed by atoms with Gasteiger partial charge in [-0.3, -0.25) is 9.88 Å². The molecular weight excluding hydrogens is 242 g/mol. The van der Waals surface area contributed by atoms with Crippen LogP contribution in [0.15, 0.2) is 12.4 Å². The molecule has 2 heterocycles. The molecule has 1 aromatic heterocycles. The molecule has 1 fully saturated rings. The minimum Gasteiger partial charge on any atom is -0.389 e. The molecular formula is C13H23N5O. The summed E-state index contributed by atoms with van der Waals surface area (Å²) >= 11 is 0. The lowest BCUT2D eigenvalue weighted by molar-refractivity contribution is 0.0344. The summed E-state index contributed by atoms with van der Waals surface area (Å²) in [5, 5.41) is 9.84. The molecule has 1 aromatic rings. The van der Waals surface area contributed by atoms with E-state index >= 15 is 0 Å². The Hall–Kier alpha value is -1.24. The lowest BCUT2D eigenvalue weighted by Gasteiger charge is -2.38. The Morgan fingerprint density at radius 3 is 2.42 bits per heavy atom. The second-order valence-electron chi connectivity index (χ2n) is 5.61. The Balaban J connectivity index is 1.96. The van der Waals surface area contributed by atoms with Gasteiger partial charge in [0.15, 0.2) is 5.82 Å². The number of piperazine rings is 1. The van der Waals surface area contributed by atoms with Crippen LogP contribution in [0.5, 0.6) is 0 Å². The average molecular weight is 265 g/mol. The van der Waals surface area contributed by atoms with Crippen molar-refractivity contribution < 1.29 is 5.11 Å². The highest BCUT2D eigenvalue weighted by Gasteiger charge is 2.24. The maximum absolute atomic E-state index is 9.84. The smallest absolute Gasteiger partial charge is 0.151 e. The van der Waals surface area contributed by atoms with E-state index in [-0.39, 0.29) is 0 Å². The van der Waals surface area contributed by atoms with Crippen LogP contribution in [-0.4, -0.2) is 58.3 Å². The Labute approximate surface area is 114 Å². The Morgan fingerprint density at radius 2 is 1.84 bits per heavy atom. The molecule has 0 atom stereocenters. The number of hydrogen-bond donors (Lipinski definition) is 2. The number of hydrogen-bond acceptors (Lipinski definition) is 6. The maximum Gasteiger partial charge on any atom is 0.151 e. The van der Waals surface area contributed by atoms with Crippen molar-refractivity contribution in [3.05, 3.63) is 18.1 Å². The summed E-state index contributed by atoms with van der Waals surface area (Å²) in [7, 11) is 0. The maximum atomic E-state index is 9.84. The van der Waals surface area contributed by atoms with Gasteiger partial charge in [-0.15, -0.1) is 0 Å². The van der Waals surface area contributed by atoms with E-state index in [1.54, 1.807) is 12.4 Å². The summed E-state index contributed by atoms with van der Waals surface area (Å²) in [6.07, 6.45) is 3.38. The van der Waals surface area contributed by atoms with Gasteiger partial charge in [-0.25, -0.2) is 4.98 Å². The van der Waals surface area contributed by atoms with Crippen LogP contribution < -0.4 is 10.6 Å². The van der Waals surface area contributed by atoms with Crippen LogP contribution in [0.4, 0.5) is 5.82 Å². The number of aliphatic hydroxyl groups is 1. The molecule has 0 aliphatic carbocycles. The van der Waals surface area contributed by atoms with Crippen molar-refractivity contribution in [2.45, 2.75) is 26.0 Å². The van der Waals surface area contributed by atoms with Crippen LogP contribution in [0.25, 0.3) is 0 Å². The van der Waals surface area contributed by atoms with Crippen molar-refractivity contribution in [3.8, 4) is 0 Å². The fraction of sp³-hybridized carbons (Fsp3) is 0.692. The van der Waals surface area contributed by atoms with Gasteiger partial charge >= 0.3 is 0 Å². The fourth-order valence-corrected chi connectivity index (χ4v) is 2.43. The minimum atomic E-state index is -0.642. The summed E-state index contributed by atoms with van der Waals surface area (Å²) in [4.78, 5) is 13.1. The third kappa shape index (κ3) is 3.86. The molecule has 6 nitrogen and oxygen atoms in total. The monoisotopic (exact) mass is 265 g/mol. The molecule has 0 radical (unpaired) electrons. The van der Waals surface area contributed by atoms with Crippen LogP contribution in [0, 0.1) is 0 Å². The van der Waals surface area contributed by atoms with Crippen molar-refractivity contribution in [3.63, 3.8) is 0 Å². The van der Waals surface area contributed by atoms with Gasteiger partial charge in [-0.1, -0.05) is 0 Å². The van der Waals surface area contributed by atoms with Gasteiger partial charge in [-0.2, -0.15) is 0 Å². The van der Waals surface area contributed by atoms with Crippen LogP contribution >= 0.6 is 0 Å². The third-order valence-electron chi connectivity index (χ3n) is 3.23. The molecule has 0 spiro atoms. The lowest BCUT2D eigenvalue weighted by Crippen LogP contribution is -2.51. The Kier molecular flexibility index (Phi) is 4.34. The zero-order valence-electron chi connectivity index (χ0n) is 11.7. The molecule has 1 saturated heterocycles. The number of anilines is 1. The van der Waals surface area contributed by atoms with Crippen LogP contribution in [0.1, 0.15) is 19.5 Å². The standard InChI is InChI=1S/C13H23N5O/c1-13(2,19)10-17-5-7-18(8-6-17)12-11(9-14)15-3-4-16-12/h3-4,19H,5-10,14H2,1-2H3. The van der Waals surface area contributed by atoms with E-state index in [1.165, 1.54) is 0 Å². The van der Waals surface area contributed by atoms with Crippen molar-refractivity contribution in [1.82, 2.24) is 14.9 Å². The summed E-state index contributed by atoms with van der Waals surface area (Å²) in [6, 6.07) is 0. The molecule has 0 saturated carbocycles. The first-order chi connectivity index (χ1) is 8.99. The SMILES string of the molecule is CC(C)(O)CN1CCN(c2nccnc2CN)CC1. The fourth-order valence-electron chi connectivity index (χ4n) is 2.43. The first kappa shape index (κ1) is 14.2. The summed E-state index contributed by atoms with van der Waals surface area (Å²) < 4.78 is 0. The second-order valence-corrected chi connectivity index (χ2v) is 5.61. The lowest BCUT2D eigenvalue weighted by atomic mass is 10.1. The molecule has 19 heavy (non-hydrogen) atoms. The molecule has 0 bridgehead atoms. The van der Waals surface area contributed by atoms with Gasteiger partial charge in [0.1, 0.15) is 0 Å². The minimum absolute atomic E-state index is 0.410. The van der Waals surface area contributed by atoms with Gasteiger partial charge in [0.25, 0.3) is 0 Å². The number of nitrogens with zero attached hydrogens (tertiary/aromatic N) is 4.